The lowest BCUT2D eigenvalue weighted by Crippen LogP contribution is -2.27. The highest BCUT2D eigenvalue weighted by atomic mass is 16.4. The first-order chi connectivity index (χ1) is 10.9. The summed E-state index contributed by atoms with van der Waals surface area (Å²) in [6, 6.07) is 0. The molecule has 0 unspecified atom stereocenters. The van der Waals surface area contributed by atoms with Gasteiger partial charge in [0.15, 0.2) is 28.8 Å². The van der Waals surface area contributed by atoms with Gasteiger partial charge in [-0.15, -0.1) is 0 Å². The van der Waals surface area contributed by atoms with E-state index in [2.05, 4.69) is 15.3 Å². The molecule has 0 spiro atoms. The van der Waals surface area contributed by atoms with Crippen LogP contribution in [0.4, 0.5) is 11.6 Å². The molecule has 0 saturated carbocycles. The van der Waals surface area contributed by atoms with E-state index in [1.807, 2.05) is 6.92 Å². The second-order valence-corrected chi connectivity index (χ2v) is 4.97. The Balaban J connectivity index is 2.77. The fraction of sp³-hybridized carbons (Fsp3) is 0.500. The molecule has 1 rings (SSSR count). The predicted octanol–water partition coefficient (Wildman–Crippen LogP) is 0.609. The molecule has 9 heteroatoms. The summed E-state index contributed by atoms with van der Waals surface area (Å²) in [6.45, 7) is 2.36. The van der Waals surface area contributed by atoms with Gasteiger partial charge in [0.1, 0.15) is 0 Å². The van der Waals surface area contributed by atoms with Gasteiger partial charge in [0.05, 0.1) is 0 Å². The van der Waals surface area contributed by atoms with Crippen LogP contribution in [-0.2, 0) is 4.79 Å². The second-order valence-electron chi connectivity index (χ2n) is 4.97. The minimum absolute atomic E-state index is 0.00683. The zero-order valence-electron chi connectivity index (χ0n) is 13.0. The van der Waals surface area contributed by atoms with Gasteiger partial charge in [-0.05, 0) is 19.3 Å². The molecule has 0 saturated heterocycles. The van der Waals surface area contributed by atoms with E-state index >= 15 is 0 Å². The Morgan fingerprint density at radius 1 is 1.04 bits per heavy atom. The normalized spacial score (nSPS) is 10.3. The first-order valence-electron chi connectivity index (χ1n) is 7.33. The monoisotopic (exact) mass is 323 g/mol. The van der Waals surface area contributed by atoms with Crippen LogP contribution in [0.25, 0.3) is 0 Å². The standard InChI is InChI=1S/C14H21N5O4/c1-2-7-17-14(23)11-13(16)18-10(12(15)19-11)8(20)5-3-4-6-9(21)22/h2-7H2,1H3,(H2,15,19)(H2,16,18)(H,17,23)(H,21,22). The van der Waals surface area contributed by atoms with Crippen molar-refractivity contribution < 1.29 is 19.5 Å². The summed E-state index contributed by atoms with van der Waals surface area (Å²) in [5.74, 6) is -2.12. The van der Waals surface area contributed by atoms with Crippen LogP contribution in [0, 0.1) is 0 Å². The maximum atomic E-state index is 12.0. The molecule has 126 valence electrons. The van der Waals surface area contributed by atoms with E-state index in [-0.39, 0.29) is 41.6 Å². The Labute approximate surface area is 133 Å². The second kappa shape index (κ2) is 8.66. The van der Waals surface area contributed by atoms with Gasteiger partial charge in [0.2, 0.25) is 0 Å². The van der Waals surface area contributed by atoms with Crippen LogP contribution in [0.15, 0.2) is 0 Å². The Morgan fingerprint density at radius 3 is 2.22 bits per heavy atom. The number of carboxylic acid groups (broad SMARTS) is 1. The SMILES string of the molecule is CCCNC(=O)c1nc(N)c(C(=O)CCCCC(=O)O)nc1N. The van der Waals surface area contributed by atoms with Crippen LogP contribution in [0.2, 0.25) is 0 Å². The maximum Gasteiger partial charge on any atom is 0.303 e. The summed E-state index contributed by atoms with van der Waals surface area (Å²) in [7, 11) is 0. The number of aliphatic carboxylic acids is 1. The molecule has 0 atom stereocenters. The number of hydrogen-bond acceptors (Lipinski definition) is 7. The summed E-state index contributed by atoms with van der Waals surface area (Å²) in [5, 5.41) is 11.1. The zero-order valence-corrected chi connectivity index (χ0v) is 13.0. The van der Waals surface area contributed by atoms with Crippen molar-refractivity contribution in [3.63, 3.8) is 0 Å². The highest BCUT2D eigenvalue weighted by Gasteiger charge is 2.19. The smallest absolute Gasteiger partial charge is 0.303 e. The maximum absolute atomic E-state index is 12.0. The Kier molecular flexibility index (Phi) is 6.91. The van der Waals surface area contributed by atoms with E-state index in [0.29, 0.717) is 19.4 Å². The molecule has 1 aromatic rings. The van der Waals surface area contributed by atoms with Crippen molar-refractivity contribution >= 4 is 29.3 Å². The first kappa shape index (κ1) is 18.3. The molecule has 0 bridgehead atoms. The van der Waals surface area contributed by atoms with Crippen LogP contribution in [0.1, 0.15) is 60.0 Å². The van der Waals surface area contributed by atoms with Gasteiger partial charge in [-0.25, -0.2) is 9.97 Å². The third-order valence-electron chi connectivity index (χ3n) is 3.01. The molecular formula is C14H21N5O4. The Morgan fingerprint density at radius 2 is 1.61 bits per heavy atom. The van der Waals surface area contributed by atoms with Gasteiger partial charge in [-0.3, -0.25) is 14.4 Å². The number of nitrogens with zero attached hydrogens (tertiary/aromatic N) is 2. The number of nitrogen functional groups attached to an aromatic ring is 2. The van der Waals surface area contributed by atoms with Crippen LogP contribution < -0.4 is 16.8 Å². The van der Waals surface area contributed by atoms with E-state index in [9.17, 15) is 14.4 Å². The van der Waals surface area contributed by atoms with Crippen molar-refractivity contribution in [1.82, 2.24) is 15.3 Å². The average Bonchev–Trinajstić information content (AvgIpc) is 2.50. The minimum Gasteiger partial charge on any atom is -0.481 e. The molecule has 1 heterocycles. The van der Waals surface area contributed by atoms with Gasteiger partial charge in [-0.2, -0.15) is 0 Å². The van der Waals surface area contributed by atoms with Gasteiger partial charge >= 0.3 is 5.97 Å². The number of Topliss-reactive ketones (excluding diaryl/α,β-unsaturated/α-hetero) is 1. The number of unbranched alkanes of at least 4 members (excludes halogenated alkanes) is 1. The highest BCUT2D eigenvalue weighted by Crippen LogP contribution is 2.16. The lowest BCUT2D eigenvalue weighted by molar-refractivity contribution is -0.137. The van der Waals surface area contributed by atoms with E-state index < -0.39 is 11.9 Å². The number of anilines is 2. The lowest BCUT2D eigenvalue weighted by atomic mass is 10.1. The Hall–Kier alpha value is -2.71. The molecule has 9 nitrogen and oxygen atoms in total. The van der Waals surface area contributed by atoms with E-state index in [1.54, 1.807) is 0 Å². The van der Waals surface area contributed by atoms with E-state index in [4.69, 9.17) is 16.6 Å². The first-order valence-corrected chi connectivity index (χ1v) is 7.33. The molecule has 0 aromatic carbocycles. The summed E-state index contributed by atoms with van der Waals surface area (Å²) in [5.41, 5.74) is 11.2. The average molecular weight is 323 g/mol. The fourth-order valence-corrected chi connectivity index (χ4v) is 1.84. The molecule has 6 N–H and O–H groups in total. The molecular weight excluding hydrogens is 302 g/mol. The number of amides is 1. The predicted molar refractivity (Wildman–Crippen MR) is 83.9 cm³/mol. The van der Waals surface area contributed by atoms with E-state index in [1.165, 1.54) is 0 Å². The third-order valence-corrected chi connectivity index (χ3v) is 3.01. The van der Waals surface area contributed by atoms with Crippen molar-refractivity contribution in [2.75, 3.05) is 18.0 Å². The van der Waals surface area contributed by atoms with Crippen molar-refractivity contribution in [3.8, 4) is 0 Å². The number of hydrogen-bond donors (Lipinski definition) is 4. The van der Waals surface area contributed by atoms with Crippen LogP contribution in [0.3, 0.4) is 0 Å². The number of carboxylic acids is 1. The fourth-order valence-electron chi connectivity index (χ4n) is 1.84. The Bertz CT molecular complexity index is 603. The van der Waals surface area contributed by atoms with Crippen LogP contribution in [0.5, 0.6) is 0 Å². The number of rotatable bonds is 9. The van der Waals surface area contributed by atoms with Crippen LogP contribution >= 0.6 is 0 Å². The van der Waals surface area contributed by atoms with E-state index in [0.717, 1.165) is 6.42 Å². The van der Waals surface area contributed by atoms with Gasteiger partial charge in [0.25, 0.3) is 5.91 Å². The number of nitrogens with two attached hydrogens (primary N) is 2. The lowest BCUT2D eigenvalue weighted by Gasteiger charge is -2.09. The number of ketones is 1. The molecule has 1 amide bonds. The van der Waals surface area contributed by atoms with Gasteiger partial charge in [-0.1, -0.05) is 6.92 Å². The number of carbonyl (C=O) groups is 3. The summed E-state index contributed by atoms with van der Waals surface area (Å²) >= 11 is 0. The quantitative estimate of drug-likeness (QED) is 0.379. The summed E-state index contributed by atoms with van der Waals surface area (Å²) < 4.78 is 0. The molecule has 0 aliphatic heterocycles. The van der Waals surface area contributed by atoms with Crippen molar-refractivity contribution in [2.24, 2.45) is 0 Å². The molecule has 0 fully saturated rings. The topological polar surface area (TPSA) is 161 Å². The van der Waals surface area contributed by atoms with Gasteiger partial charge < -0.3 is 21.9 Å². The molecule has 0 radical (unpaired) electrons. The van der Waals surface area contributed by atoms with Crippen molar-refractivity contribution in [1.29, 1.82) is 0 Å². The number of carbonyl (C=O) groups excluding carboxylic acids is 2. The van der Waals surface area contributed by atoms with Crippen LogP contribution in [-0.4, -0.2) is 39.3 Å². The molecule has 0 aliphatic carbocycles. The zero-order chi connectivity index (χ0) is 17.4. The number of nitrogens with one attached hydrogen (secondary N) is 1. The molecule has 23 heavy (non-hydrogen) atoms. The summed E-state index contributed by atoms with van der Waals surface area (Å²) in [4.78, 5) is 42.0. The molecule has 0 aliphatic rings. The van der Waals surface area contributed by atoms with Crippen molar-refractivity contribution in [3.05, 3.63) is 11.4 Å². The largest absolute Gasteiger partial charge is 0.481 e. The molecule has 1 aromatic heterocycles. The summed E-state index contributed by atoms with van der Waals surface area (Å²) in [6.07, 6.45) is 1.61. The minimum atomic E-state index is -0.913. The van der Waals surface area contributed by atoms with Gasteiger partial charge in [0, 0.05) is 19.4 Å². The third kappa shape index (κ3) is 5.53. The highest BCUT2D eigenvalue weighted by molar-refractivity contribution is 6.01. The van der Waals surface area contributed by atoms with Crippen molar-refractivity contribution in [2.45, 2.75) is 39.0 Å². The number of aromatic nitrogens is 2.